The van der Waals surface area contributed by atoms with E-state index in [1.165, 1.54) is 13.8 Å². The van der Waals surface area contributed by atoms with Crippen LogP contribution in [0.1, 0.15) is 13.8 Å². The predicted molar refractivity (Wildman–Crippen MR) is 36.5 cm³/mol. The van der Waals surface area contributed by atoms with Crippen LogP contribution < -0.4 is 5.32 Å². The van der Waals surface area contributed by atoms with Gasteiger partial charge in [0.05, 0.1) is 0 Å². The van der Waals surface area contributed by atoms with Gasteiger partial charge in [-0.05, 0) is 13.8 Å². The lowest BCUT2D eigenvalue weighted by atomic mass is 10.6. The summed E-state index contributed by atoms with van der Waals surface area (Å²) in [6, 6.07) is -1.23. The highest BCUT2D eigenvalue weighted by molar-refractivity contribution is 5.74. The maximum Gasteiger partial charge on any atom is 0.488 e. The van der Waals surface area contributed by atoms with E-state index in [9.17, 15) is 18.0 Å². The lowest BCUT2D eigenvalue weighted by Crippen LogP contribution is -2.45. The molecule has 12 heavy (non-hydrogen) atoms. The standard InChI is InChI=1S/C6H10F3N2O/c1-3-10-5(12)11(4-2)6(7,8)9/h3-4H2,1-2H3. The van der Waals surface area contributed by atoms with Gasteiger partial charge in [0.1, 0.15) is 0 Å². The number of carbonyl (C=O) groups excluding carboxylic acids is 1. The molecule has 0 atom stereocenters. The van der Waals surface area contributed by atoms with Crippen molar-refractivity contribution in [3.63, 3.8) is 0 Å². The molecule has 71 valence electrons. The Morgan fingerprint density at radius 3 is 2.17 bits per heavy atom. The third kappa shape index (κ3) is 2.98. The zero-order chi connectivity index (χ0) is 9.78. The van der Waals surface area contributed by atoms with Crippen LogP contribution in [0, 0.1) is 0 Å². The minimum absolute atomic E-state index is 0.0609. The summed E-state index contributed by atoms with van der Waals surface area (Å²) in [6.07, 6.45) is -4.62. The van der Waals surface area contributed by atoms with Crippen LogP contribution in [0.5, 0.6) is 0 Å². The zero-order valence-corrected chi connectivity index (χ0v) is 6.85. The first kappa shape index (κ1) is 11.1. The van der Waals surface area contributed by atoms with Crippen LogP contribution in [0.15, 0.2) is 0 Å². The first-order valence-corrected chi connectivity index (χ1v) is 3.49. The molecule has 0 fully saturated rings. The summed E-state index contributed by atoms with van der Waals surface area (Å²) in [6.45, 7) is 2.40. The Labute approximate surface area is 68.5 Å². The third-order valence-corrected chi connectivity index (χ3v) is 1.15. The highest BCUT2D eigenvalue weighted by Gasteiger charge is 2.39. The molecule has 0 aromatic carbocycles. The average Bonchev–Trinajstić information content (AvgIpc) is 1.85. The fourth-order valence-electron chi connectivity index (χ4n) is 0.644. The Morgan fingerprint density at radius 2 is 1.92 bits per heavy atom. The van der Waals surface area contributed by atoms with Crippen molar-refractivity contribution in [2.75, 3.05) is 13.1 Å². The maximum absolute atomic E-state index is 11.9. The molecule has 0 aliphatic rings. The molecular formula is C6H10F3N2O. The second-order valence-electron chi connectivity index (χ2n) is 1.97. The molecule has 0 heterocycles. The van der Waals surface area contributed by atoms with Crippen LogP contribution in [0.3, 0.4) is 0 Å². The Kier molecular flexibility index (Phi) is 3.85. The minimum Gasteiger partial charge on any atom is -0.246 e. The number of halogens is 3. The lowest BCUT2D eigenvalue weighted by molar-refractivity contribution is -0.222. The molecule has 1 radical (unpaired) electrons. The van der Waals surface area contributed by atoms with E-state index in [1.807, 2.05) is 0 Å². The number of nitrogens with zero attached hydrogens (tertiary/aromatic N) is 2. The molecular weight excluding hydrogens is 173 g/mol. The molecule has 0 aliphatic heterocycles. The molecule has 0 rings (SSSR count). The van der Waals surface area contributed by atoms with Crippen LogP contribution in [0.4, 0.5) is 18.0 Å². The molecule has 0 bridgehead atoms. The fourth-order valence-corrected chi connectivity index (χ4v) is 0.644. The summed E-state index contributed by atoms with van der Waals surface area (Å²) in [4.78, 5) is 10.4. The minimum atomic E-state index is -4.62. The molecule has 0 aliphatic carbocycles. The highest BCUT2D eigenvalue weighted by atomic mass is 19.4. The third-order valence-electron chi connectivity index (χ3n) is 1.15. The maximum atomic E-state index is 11.9. The van der Waals surface area contributed by atoms with E-state index < -0.39 is 18.9 Å². The first-order chi connectivity index (χ1) is 5.43. The normalized spacial score (nSPS) is 11.1. The topological polar surface area (TPSA) is 34.4 Å². The van der Waals surface area contributed by atoms with Crippen molar-refractivity contribution >= 4 is 6.03 Å². The highest BCUT2D eigenvalue weighted by Crippen LogP contribution is 2.20. The zero-order valence-electron chi connectivity index (χ0n) is 6.85. The number of hydrogen-bond acceptors (Lipinski definition) is 1. The summed E-state index contributed by atoms with van der Waals surface area (Å²) in [5.74, 6) is 0. The van der Waals surface area contributed by atoms with E-state index >= 15 is 0 Å². The second-order valence-corrected chi connectivity index (χ2v) is 1.97. The van der Waals surface area contributed by atoms with Gasteiger partial charge in [-0.15, -0.1) is 13.2 Å². The van der Waals surface area contributed by atoms with Gasteiger partial charge in [-0.3, -0.25) is 0 Å². The molecule has 6 heteroatoms. The van der Waals surface area contributed by atoms with E-state index in [0.29, 0.717) is 0 Å². The summed E-state index contributed by atoms with van der Waals surface area (Å²) in [5, 5.41) is 3.13. The molecule has 0 unspecified atom stereocenters. The Bertz CT molecular complexity index is 157. The van der Waals surface area contributed by atoms with E-state index in [2.05, 4.69) is 5.32 Å². The summed E-state index contributed by atoms with van der Waals surface area (Å²) in [7, 11) is 0. The van der Waals surface area contributed by atoms with Gasteiger partial charge in [0.25, 0.3) is 0 Å². The SMILES string of the molecule is CC[N]C(=O)N(CC)C(F)(F)F. The fraction of sp³-hybridized carbons (Fsp3) is 0.833. The van der Waals surface area contributed by atoms with Crippen molar-refractivity contribution in [3.05, 3.63) is 0 Å². The van der Waals surface area contributed by atoms with E-state index in [4.69, 9.17) is 0 Å². The molecule has 0 aromatic heterocycles. The molecule has 2 amide bonds. The van der Waals surface area contributed by atoms with Crippen LogP contribution in [-0.4, -0.2) is 30.3 Å². The predicted octanol–water partition coefficient (Wildman–Crippen LogP) is 1.57. The number of rotatable bonds is 2. The van der Waals surface area contributed by atoms with Crippen LogP contribution in [-0.2, 0) is 0 Å². The van der Waals surface area contributed by atoms with Gasteiger partial charge >= 0.3 is 12.3 Å². The Hall–Kier alpha value is -0.940. The second kappa shape index (κ2) is 4.18. The van der Waals surface area contributed by atoms with Gasteiger partial charge < -0.3 is 0 Å². The van der Waals surface area contributed by atoms with Crippen molar-refractivity contribution in [1.29, 1.82) is 0 Å². The number of carbonyl (C=O) groups is 1. The van der Waals surface area contributed by atoms with Gasteiger partial charge in [-0.25, -0.2) is 15.0 Å². The lowest BCUT2D eigenvalue weighted by Gasteiger charge is -2.21. The summed E-state index contributed by atoms with van der Waals surface area (Å²) in [5.41, 5.74) is 0. The van der Waals surface area contributed by atoms with Crippen molar-refractivity contribution in [2.24, 2.45) is 0 Å². The molecule has 0 N–H and O–H groups in total. The van der Waals surface area contributed by atoms with Gasteiger partial charge in [0.15, 0.2) is 0 Å². The van der Waals surface area contributed by atoms with Crippen molar-refractivity contribution < 1.29 is 18.0 Å². The monoisotopic (exact) mass is 183 g/mol. The molecule has 0 saturated heterocycles. The first-order valence-electron chi connectivity index (χ1n) is 3.49. The number of hydrogen-bond donors (Lipinski definition) is 0. The Balaban J connectivity index is 4.25. The largest absolute Gasteiger partial charge is 0.488 e. The molecule has 0 spiro atoms. The van der Waals surface area contributed by atoms with Crippen molar-refractivity contribution in [3.8, 4) is 0 Å². The molecule has 0 aromatic rings. The van der Waals surface area contributed by atoms with E-state index in [1.54, 1.807) is 0 Å². The van der Waals surface area contributed by atoms with Crippen LogP contribution in [0.25, 0.3) is 0 Å². The van der Waals surface area contributed by atoms with Gasteiger partial charge in [-0.1, -0.05) is 0 Å². The van der Waals surface area contributed by atoms with E-state index in [-0.39, 0.29) is 11.4 Å². The number of urea groups is 1. The van der Waals surface area contributed by atoms with Gasteiger partial charge in [0.2, 0.25) is 0 Å². The Morgan fingerprint density at radius 1 is 1.42 bits per heavy atom. The van der Waals surface area contributed by atoms with Crippen molar-refractivity contribution in [1.82, 2.24) is 10.2 Å². The molecule has 3 nitrogen and oxygen atoms in total. The van der Waals surface area contributed by atoms with Crippen LogP contribution in [0.2, 0.25) is 0 Å². The quantitative estimate of drug-likeness (QED) is 0.598. The molecule has 0 saturated carbocycles. The van der Waals surface area contributed by atoms with Gasteiger partial charge in [0, 0.05) is 13.1 Å². The summed E-state index contributed by atoms with van der Waals surface area (Å²) >= 11 is 0. The number of amides is 2. The summed E-state index contributed by atoms with van der Waals surface area (Å²) < 4.78 is 35.8. The van der Waals surface area contributed by atoms with E-state index in [0.717, 1.165) is 0 Å². The number of alkyl halides is 3. The van der Waals surface area contributed by atoms with Crippen LogP contribution >= 0.6 is 0 Å². The average molecular weight is 183 g/mol. The van der Waals surface area contributed by atoms with Crippen molar-refractivity contribution in [2.45, 2.75) is 20.1 Å². The van der Waals surface area contributed by atoms with Gasteiger partial charge in [-0.2, -0.15) is 0 Å². The smallest absolute Gasteiger partial charge is 0.246 e.